The van der Waals surface area contributed by atoms with Gasteiger partial charge in [-0.3, -0.25) is 0 Å². The smallest absolute Gasteiger partial charge is 0.170 e. The maximum Gasteiger partial charge on any atom is 0.170 e. The van der Waals surface area contributed by atoms with Crippen molar-refractivity contribution in [1.82, 2.24) is 0 Å². The molecule has 5 heteroatoms. The summed E-state index contributed by atoms with van der Waals surface area (Å²) in [4.78, 5) is 2.27. The van der Waals surface area contributed by atoms with Crippen LogP contribution in [0.25, 0.3) is 0 Å². The quantitative estimate of drug-likeness (QED) is 0.346. The first-order valence-electron chi connectivity index (χ1n) is 5.63. The zero-order chi connectivity index (χ0) is 12.3. The van der Waals surface area contributed by atoms with Gasteiger partial charge in [-0.15, -0.1) is 0 Å². The van der Waals surface area contributed by atoms with Gasteiger partial charge in [0, 0.05) is 24.3 Å². The Bertz CT molecular complexity index is 426. The summed E-state index contributed by atoms with van der Waals surface area (Å²) in [6, 6.07) is 5.93. The normalized spacial score (nSPS) is 17.2. The van der Waals surface area contributed by atoms with Crippen LogP contribution in [0.15, 0.2) is 23.4 Å². The molecule has 0 saturated carbocycles. The van der Waals surface area contributed by atoms with E-state index in [0.717, 1.165) is 43.1 Å². The number of oxime groups is 1. The van der Waals surface area contributed by atoms with E-state index in [1.54, 1.807) is 0 Å². The third kappa shape index (κ3) is 2.50. The maximum atomic E-state index is 8.67. The van der Waals surface area contributed by atoms with Crippen molar-refractivity contribution in [2.75, 3.05) is 31.2 Å². The number of morpholine rings is 1. The van der Waals surface area contributed by atoms with E-state index in [1.807, 2.05) is 19.1 Å². The SMILES string of the molecule is Cc1cc(N2CCOCC2)ccc1/C(N)=N/O. The predicted octanol–water partition coefficient (Wildman–Crippen LogP) is 0.926. The van der Waals surface area contributed by atoms with Crippen LogP contribution in [0.5, 0.6) is 0 Å². The zero-order valence-electron chi connectivity index (χ0n) is 9.89. The number of hydrogen-bond donors (Lipinski definition) is 2. The molecular formula is C12H17N3O2. The molecule has 5 nitrogen and oxygen atoms in total. The van der Waals surface area contributed by atoms with Crippen LogP contribution < -0.4 is 10.6 Å². The molecule has 1 aliphatic heterocycles. The van der Waals surface area contributed by atoms with Crippen molar-refractivity contribution in [2.24, 2.45) is 10.9 Å². The molecule has 0 aromatic heterocycles. The maximum absolute atomic E-state index is 8.67. The van der Waals surface area contributed by atoms with E-state index in [4.69, 9.17) is 15.7 Å². The molecule has 3 N–H and O–H groups in total. The molecule has 1 aromatic carbocycles. The van der Waals surface area contributed by atoms with Crippen LogP contribution in [0, 0.1) is 6.92 Å². The molecule has 0 unspecified atom stereocenters. The number of rotatable bonds is 2. The Labute approximate surface area is 100 Å². The number of ether oxygens (including phenoxy) is 1. The highest BCUT2D eigenvalue weighted by molar-refractivity contribution is 5.98. The van der Waals surface area contributed by atoms with Crippen molar-refractivity contribution in [3.8, 4) is 0 Å². The largest absolute Gasteiger partial charge is 0.409 e. The summed E-state index contributed by atoms with van der Waals surface area (Å²) in [5.74, 6) is 0.149. The number of hydrogen-bond acceptors (Lipinski definition) is 4. The number of nitrogens with zero attached hydrogens (tertiary/aromatic N) is 2. The average Bonchev–Trinajstić information content (AvgIpc) is 2.39. The topological polar surface area (TPSA) is 71.1 Å². The van der Waals surface area contributed by atoms with Crippen LogP contribution in [0.3, 0.4) is 0 Å². The molecule has 1 heterocycles. The molecule has 1 aliphatic rings. The summed E-state index contributed by atoms with van der Waals surface area (Å²) in [5, 5.41) is 11.7. The second-order valence-electron chi connectivity index (χ2n) is 4.08. The van der Waals surface area contributed by atoms with E-state index in [2.05, 4.69) is 16.1 Å². The first-order chi connectivity index (χ1) is 8.22. The fourth-order valence-corrected chi connectivity index (χ4v) is 2.01. The Kier molecular flexibility index (Phi) is 3.49. The Hall–Kier alpha value is -1.75. The summed E-state index contributed by atoms with van der Waals surface area (Å²) in [6.07, 6.45) is 0. The Balaban J connectivity index is 2.23. The summed E-state index contributed by atoms with van der Waals surface area (Å²) in [6.45, 7) is 5.30. The van der Waals surface area contributed by atoms with E-state index in [0.29, 0.717) is 0 Å². The van der Waals surface area contributed by atoms with Gasteiger partial charge in [-0.25, -0.2) is 0 Å². The molecule has 1 fully saturated rings. The van der Waals surface area contributed by atoms with Crippen LogP contribution >= 0.6 is 0 Å². The first kappa shape index (κ1) is 11.7. The van der Waals surface area contributed by atoms with E-state index in [1.165, 1.54) is 0 Å². The van der Waals surface area contributed by atoms with Gasteiger partial charge in [0.15, 0.2) is 5.84 Å². The molecule has 2 rings (SSSR count). The second kappa shape index (κ2) is 5.05. The average molecular weight is 235 g/mol. The van der Waals surface area contributed by atoms with Gasteiger partial charge in [0.1, 0.15) is 0 Å². The lowest BCUT2D eigenvalue weighted by Crippen LogP contribution is -2.36. The third-order valence-corrected chi connectivity index (χ3v) is 2.97. The second-order valence-corrected chi connectivity index (χ2v) is 4.08. The van der Waals surface area contributed by atoms with Gasteiger partial charge in [0.25, 0.3) is 0 Å². The monoisotopic (exact) mass is 235 g/mol. The molecule has 92 valence electrons. The molecule has 0 atom stereocenters. The van der Waals surface area contributed by atoms with Crippen LogP contribution in [0.2, 0.25) is 0 Å². The fraction of sp³-hybridized carbons (Fsp3) is 0.417. The highest BCUT2D eigenvalue weighted by atomic mass is 16.5. The lowest BCUT2D eigenvalue weighted by Gasteiger charge is -2.29. The first-order valence-corrected chi connectivity index (χ1v) is 5.63. The molecule has 0 spiro atoms. The third-order valence-electron chi connectivity index (χ3n) is 2.97. The van der Waals surface area contributed by atoms with E-state index < -0.39 is 0 Å². The van der Waals surface area contributed by atoms with Gasteiger partial charge in [-0.1, -0.05) is 5.16 Å². The molecule has 0 aliphatic carbocycles. The van der Waals surface area contributed by atoms with Gasteiger partial charge in [0.2, 0.25) is 0 Å². The van der Waals surface area contributed by atoms with Gasteiger partial charge in [0.05, 0.1) is 13.2 Å². The van der Waals surface area contributed by atoms with E-state index >= 15 is 0 Å². The van der Waals surface area contributed by atoms with Gasteiger partial charge >= 0.3 is 0 Å². The summed E-state index contributed by atoms with van der Waals surface area (Å²) in [5.41, 5.74) is 8.52. The van der Waals surface area contributed by atoms with Gasteiger partial charge < -0.3 is 20.6 Å². The number of benzene rings is 1. The molecule has 0 bridgehead atoms. The van der Waals surface area contributed by atoms with Crippen LogP contribution in [0.1, 0.15) is 11.1 Å². The minimum Gasteiger partial charge on any atom is -0.409 e. The molecule has 17 heavy (non-hydrogen) atoms. The van der Waals surface area contributed by atoms with Gasteiger partial charge in [-0.2, -0.15) is 0 Å². The van der Waals surface area contributed by atoms with Gasteiger partial charge in [-0.05, 0) is 30.7 Å². The summed E-state index contributed by atoms with van der Waals surface area (Å²) < 4.78 is 5.32. The molecule has 1 aromatic rings. The number of amidine groups is 1. The number of anilines is 1. The zero-order valence-corrected chi connectivity index (χ0v) is 9.89. The number of nitrogens with two attached hydrogens (primary N) is 1. The van der Waals surface area contributed by atoms with Crippen molar-refractivity contribution in [3.63, 3.8) is 0 Å². The molecule has 0 radical (unpaired) electrons. The Morgan fingerprint density at radius 2 is 2.12 bits per heavy atom. The van der Waals surface area contributed by atoms with Crippen LogP contribution in [0.4, 0.5) is 5.69 Å². The fourth-order valence-electron chi connectivity index (χ4n) is 2.01. The summed E-state index contributed by atoms with van der Waals surface area (Å²) >= 11 is 0. The van der Waals surface area contributed by atoms with Crippen LogP contribution in [-0.4, -0.2) is 37.3 Å². The highest BCUT2D eigenvalue weighted by Crippen LogP contribution is 2.20. The van der Waals surface area contributed by atoms with E-state index in [9.17, 15) is 0 Å². The van der Waals surface area contributed by atoms with Crippen LogP contribution in [-0.2, 0) is 4.74 Å². The van der Waals surface area contributed by atoms with Crippen molar-refractivity contribution in [2.45, 2.75) is 6.92 Å². The Morgan fingerprint density at radius 1 is 1.41 bits per heavy atom. The Morgan fingerprint density at radius 3 is 2.71 bits per heavy atom. The van der Waals surface area contributed by atoms with Crippen molar-refractivity contribution < 1.29 is 9.94 Å². The molecular weight excluding hydrogens is 218 g/mol. The molecule has 0 amide bonds. The predicted molar refractivity (Wildman–Crippen MR) is 66.7 cm³/mol. The lowest BCUT2D eigenvalue weighted by atomic mass is 10.1. The van der Waals surface area contributed by atoms with Crippen molar-refractivity contribution >= 4 is 11.5 Å². The minimum atomic E-state index is 0.149. The van der Waals surface area contributed by atoms with E-state index in [-0.39, 0.29) is 5.84 Å². The van der Waals surface area contributed by atoms with Crippen molar-refractivity contribution in [3.05, 3.63) is 29.3 Å². The standard InChI is InChI=1S/C12H17N3O2/c1-9-8-10(15-4-6-17-7-5-15)2-3-11(9)12(13)14-16/h2-3,8,16H,4-7H2,1H3,(H2,13,14). The number of aryl methyl sites for hydroxylation is 1. The summed E-state index contributed by atoms with van der Waals surface area (Å²) in [7, 11) is 0. The van der Waals surface area contributed by atoms with Crippen molar-refractivity contribution in [1.29, 1.82) is 0 Å². The molecule has 1 saturated heterocycles. The highest BCUT2D eigenvalue weighted by Gasteiger charge is 2.12. The minimum absolute atomic E-state index is 0.149. The lowest BCUT2D eigenvalue weighted by molar-refractivity contribution is 0.122.